The van der Waals surface area contributed by atoms with E-state index in [4.69, 9.17) is 4.74 Å². The second-order valence-corrected chi connectivity index (χ2v) is 4.83. The van der Waals surface area contributed by atoms with Crippen LogP contribution in [0.1, 0.15) is 64.7 Å². The van der Waals surface area contributed by atoms with E-state index in [0.29, 0.717) is 0 Å². The van der Waals surface area contributed by atoms with Crippen molar-refractivity contribution >= 4 is 5.97 Å². The monoisotopic (exact) mass is 224 g/mol. The molecule has 0 spiro atoms. The van der Waals surface area contributed by atoms with Crippen molar-refractivity contribution in [2.45, 2.75) is 70.3 Å². The molecular weight excluding hydrogens is 200 g/mol. The Morgan fingerprint density at radius 3 is 2.44 bits per heavy atom. The molecule has 1 rings (SSSR count). The quantitative estimate of drug-likeness (QED) is 0.401. The van der Waals surface area contributed by atoms with Crippen molar-refractivity contribution in [3.8, 4) is 0 Å². The Kier molecular flexibility index (Phi) is 5.58. The normalized spacial score (nSPS) is 19.8. The first kappa shape index (κ1) is 13.3. The third kappa shape index (κ3) is 3.99. The predicted octanol–water partition coefficient (Wildman–Crippen LogP) is 4.00. The molecule has 0 aromatic carbocycles. The summed E-state index contributed by atoms with van der Waals surface area (Å²) in [6.07, 6.45) is 11.6. The highest BCUT2D eigenvalue weighted by atomic mass is 16.6. The van der Waals surface area contributed by atoms with Crippen molar-refractivity contribution in [3.05, 3.63) is 12.7 Å². The first-order valence-electron chi connectivity index (χ1n) is 6.58. The van der Waals surface area contributed by atoms with Crippen molar-refractivity contribution in [2.75, 3.05) is 0 Å². The molecule has 0 aliphatic heterocycles. The van der Waals surface area contributed by atoms with Gasteiger partial charge in [-0.2, -0.15) is 0 Å². The predicted molar refractivity (Wildman–Crippen MR) is 66.2 cm³/mol. The fraction of sp³-hybridized carbons (Fsp3) is 0.786. The lowest BCUT2D eigenvalue weighted by molar-refractivity contribution is -0.156. The van der Waals surface area contributed by atoms with E-state index in [1.165, 1.54) is 31.8 Å². The first-order chi connectivity index (χ1) is 7.72. The second kappa shape index (κ2) is 6.72. The van der Waals surface area contributed by atoms with Gasteiger partial charge in [-0.1, -0.05) is 32.8 Å². The van der Waals surface area contributed by atoms with Crippen LogP contribution in [0.25, 0.3) is 0 Å². The van der Waals surface area contributed by atoms with Gasteiger partial charge in [0.15, 0.2) is 0 Å². The van der Waals surface area contributed by atoms with Crippen molar-refractivity contribution in [3.63, 3.8) is 0 Å². The number of rotatable bonds is 5. The fourth-order valence-corrected chi connectivity index (χ4v) is 2.53. The van der Waals surface area contributed by atoms with Crippen LogP contribution in [0, 0.1) is 0 Å². The maximum atomic E-state index is 11.4. The minimum atomic E-state index is -0.252. The van der Waals surface area contributed by atoms with E-state index in [1.54, 1.807) is 0 Å². The second-order valence-electron chi connectivity index (χ2n) is 4.83. The Morgan fingerprint density at radius 1 is 1.31 bits per heavy atom. The van der Waals surface area contributed by atoms with Gasteiger partial charge in [-0.25, -0.2) is 4.79 Å². The summed E-state index contributed by atoms with van der Waals surface area (Å²) in [7, 11) is 0. The topological polar surface area (TPSA) is 26.3 Å². The van der Waals surface area contributed by atoms with E-state index in [1.807, 2.05) is 0 Å². The van der Waals surface area contributed by atoms with E-state index in [2.05, 4.69) is 13.5 Å². The van der Waals surface area contributed by atoms with E-state index in [-0.39, 0.29) is 11.6 Å². The Labute approximate surface area is 99.1 Å². The maximum absolute atomic E-state index is 11.4. The number of carbonyl (C=O) groups is 1. The maximum Gasteiger partial charge on any atom is 0.330 e. The van der Waals surface area contributed by atoms with Crippen LogP contribution >= 0.6 is 0 Å². The molecule has 0 saturated heterocycles. The van der Waals surface area contributed by atoms with E-state index in [9.17, 15) is 4.79 Å². The van der Waals surface area contributed by atoms with Crippen molar-refractivity contribution in [2.24, 2.45) is 0 Å². The smallest absolute Gasteiger partial charge is 0.330 e. The molecule has 1 aliphatic carbocycles. The lowest BCUT2D eigenvalue weighted by Crippen LogP contribution is -2.34. The van der Waals surface area contributed by atoms with Gasteiger partial charge in [0.05, 0.1) is 0 Å². The standard InChI is InChI=1S/C14H24O2/c1-3-5-10-14(16-13(15)4-2)11-8-6-7-9-12-14/h4H,2-3,5-12H2,1H3. The largest absolute Gasteiger partial charge is 0.456 e. The van der Waals surface area contributed by atoms with Gasteiger partial charge < -0.3 is 4.74 Å². The zero-order valence-corrected chi connectivity index (χ0v) is 10.5. The lowest BCUT2D eigenvalue weighted by Gasteiger charge is -2.32. The molecule has 0 heterocycles. The van der Waals surface area contributed by atoms with Gasteiger partial charge in [0.25, 0.3) is 0 Å². The number of hydrogen-bond donors (Lipinski definition) is 0. The molecule has 0 amide bonds. The molecule has 0 bridgehead atoms. The van der Waals surface area contributed by atoms with E-state index < -0.39 is 0 Å². The van der Waals surface area contributed by atoms with Crippen LogP contribution in [0.15, 0.2) is 12.7 Å². The van der Waals surface area contributed by atoms with Gasteiger partial charge in [0.2, 0.25) is 0 Å². The SMILES string of the molecule is C=CC(=O)OC1(CCCC)CCCCCC1. The third-order valence-electron chi connectivity index (χ3n) is 3.48. The highest BCUT2D eigenvalue weighted by Gasteiger charge is 2.33. The molecule has 0 atom stereocenters. The summed E-state index contributed by atoms with van der Waals surface area (Å²) in [4.78, 5) is 11.4. The molecule has 2 heteroatoms. The molecule has 0 N–H and O–H groups in total. The molecule has 92 valence electrons. The van der Waals surface area contributed by atoms with Gasteiger partial charge in [-0.3, -0.25) is 0 Å². The van der Waals surface area contributed by atoms with Crippen LogP contribution < -0.4 is 0 Å². The fourth-order valence-electron chi connectivity index (χ4n) is 2.53. The van der Waals surface area contributed by atoms with Crippen LogP contribution in [0.4, 0.5) is 0 Å². The van der Waals surface area contributed by atoms with Crippen molar-refractivity contribution in [1.29, 1.82) is 0 Å². The van der Waals surface area contributed by atoms with Crippen molar-refractivity contribution < 1.29 is 9.53 Å². The highest BCUT2D eigenvalue weighted by molar-refractivity contribution is 5.81. The van der Waals surface area contributed by atoms with Gasteiger partial charge in [-0.05, 0) is 38.5 Å². The van der Waals surface area contributed by atoms with E-state index >= 15 is 0 Å². The average molecular weight is 224 g/mol. The highest BCUT2D eigenvalue weighted by Crippen LogP contribution is 2.35. The number of unbranched alkanes of at least 4 members (excludes halogenated alkanes) is 1. The molecular formula is C14H24O2. The van der Waals surface area contributed by atoms with Gasteiger partial charge in [-0.15, -0.1) is 0 Å². The third-order valence-corrected chi connectivity index (χ3v) is 3.48. The molecule has 0 aromatic rings. The summed E-state index contributed by atoms with van der Waals surface area (Å²) in [6, 6.07) is 0. The van der Waals surface area contributed by atoms with E-state index in [0.717, 1.165) is 32.1 Å². The number of carbonyl (C=O) groups excluding carboxylic acids is 1. The summed E-state index contributed by atoms with van der Waals surface area (Å²) in [5.74, 6) is -0.252. The molecule has 1 aliphatic rings. The van der Waals surface area contributed by atoms with Crippen molar-refractivity contribution in [1.82, 2.24) is 0 Å². The summed E-state index contributed by atoms with van der Waals surface area (Å²) < 4.78 is 5.65. The zero-order chi connectivity index (χ0) is 11.9. The van der Waals surface area contributed by atoms with Gasteiger partial charge >= 0.3 is 5.97 Å². The molecule has 0 radical (unpaired) electrons. The molecule has 2 nitrogen and oxygen atoms in total. The first-order valence-corrected chi connectivity index (χ1v) is 6.58. The lowest BCUT2D eigenvalue weighted by atomic mass is 9.88. The summed E-state index contributed by atoms with van der Waals surface area (Å²) >= 11 is 0. The van der Waals surface area contributed by atoms with Crippen LogP contribution in [0.3, 0.4) is 0 Å². The number of ether oxygens (including phenoxy) is 1. The zero-order valence-electron chi connectivity index (χ0n) is 10.5. The Morgan fingerprint density at radius 2 is 1.94 bits per heavy atom. The Bertz CT molecular complexity index is 225. The number of esters is 1. The molecule has 1 fully saturated rings. The number of hydrogen-bond acceptors (Lipinski definition) is 2. The molecule has 0 unspecified atom stereocenters. The Balaban J connectivity index is 2.64. The minimum absolute atomic E-state index is 0.183. The summed E-state index contributed by atoms with van der Waals surface area (Å²) in [6.45, 7) is 5.67. The minimum Gasteiger partial charge on any atom is -0.456 e. The van der Waals surface area contributed by atoms with Crippen LogP contribution in [-0.2, 0) is 9.53 Å². The van der Waals surface area contributed by atoms with Gasteiger partial charge in [0, 0.05) is 6.08 Å². The molecule has 16 heavy (non-hydrogen) atoms. The average Bonchev–Trinajstić information content (AvgIpc) is 2.52. The Hall–Kier alpha value is -0.790. The summed E-state index contributed by atoms with van der Waals surface area (Å²) in [5, 5.41) is 0. The summed E-state index contributed by atoms with van der Waals surface area (Å²) in [5.41, 5.74) is -0.183. The molecule has 1 saturated carbocycles. The van der Waals surface area contributed by atoms with Crippen LogP contribution in [0.2, 0.25) is 0 Å². The van der Waals surface area contributed by atoms with Gasteiger partial charge in [0.1, 0.15) is 5.60 Å². The molecule has 0 aromatic heterocycles. The van der Waals surface area contributed by atoms with Crippen LogP contribution in [0.5, 0.6) is 0 Å². The van der Waals surface area contributed by atoms with Crippen LogP contribution in [-0.4, -0.2) is 11.6 Å².